The maximum Gasteiger partial charge on any atom is 0.183 e. The molecule has 0 aliphatic carbocycles. The van der Waals surface area contributed by atoms with E-state index in [2.05, 4.69) is 53.1 Å². The first-order valence-corrected chi connectivity index (χ1v) is 6.54. The highest BCUT2D eigenvalue weighted by atomic mass is 79.9. The Kier molecular flexibility index (Phi) is 2.98. The minimum atomic E-state index is 0.912. The smallest absolute Gasteiger partial charge is 0.183 e. The largest absolute Gasteiger partial charge is 0.362 e. The lowest BCUT2D eigenvalue weighted by molar-refractivity contribution is 1.20. The third-order valence-electron chi connectivity index (χ3n) is 2.46. The number of fused-ring (bicyclic) bond motifs is 1. The summed E-state index contributed by atoms with van der Waals surface area (Å²) in [5.74, 6) is 0. The van der Waals surface area contributed by atoms with Gasteiger partial charge in [0.1, 0.15) is 0 Å². The maximum absolute atomic E-state index is 4.56. The fraction of sp³-hybridized carbons (Fsp3) is 0.364. The molecule has 1 heterocycles. The topological polar surface area (TPSA) is 24.9 Å². The number of anilines is 1. The molecule has 15 heavy (non-hydrogen) atoms. The molecular weight excluding hydrogens is 272 g/mol. The van der Waals surface area contributed by atoms with E-state index in [4.69, 9.17) is 0 Å². The van der Waals surface area contributed by atoms with Gasteiger partial charge in [-0.25, -0.2) is 4.98 Å². The fourth-order valence-corrected chi connectivity index (χ4v) is 3.38. The van der Waals surface area contributed by atoms with Crippen molar-refractivity contribution in [2.75, 3.05) is 11.9 Å². The quantitative estimate of drug-likeness (QED) is 0.898. The van der Waals surface area contributed by atoms with E-state index in [1.165, 1.54) is 15.8 Å². The van der Waals surface area contributed by atoms with Gasteiger partial charge in [-0.2, -0.15) is 0 Å². The standard InChI is InChI=1S/C11H13BrN2S/c1-4-13-11-14-9-8(12)5-6(2)7(3)10(9)15-11/h5H,4H2,1-3H3,(H,13,14). The molecule has 0 atom stereocenters. The van der Waals surface area contributed by atoms with Crippen molar-refractivity contribution in [3.63, 3.8) is 0 Å². The summed E-state index contributed by atoms with van der Waals surface area (Å²) in [6.07, 6.45) is 0. The molecular formula is C11H13BrN2S. The Morgan fingerprint density at radius 1 is 1.47 bits per heavy atom. The predicted molar refractivity (Wildman–Crippen MR) is 71.0 cm³/mol. The van der Waals surface area contributed by atoms with Crippen molar-refractivity contribution in [1.29, 1.82) is 0 Å². The van der Waals surface area contributed by atoms with Crippen LogP contribution in [0.3, 0.4) is 0 Å². The number of benzene rings is 1. The zero-order valence-corrected chi connectivity index (χ0v) is 11.4. The lowest BCUT2D eigenvalue weighted by Crippen LogP contribution is -1.94. The van der Waals surface area contributed by atoms with Crippen LogP contribution < -0.4 is 5.32 Å². The SMILES string of the molecule is CCNc1nc2c(Br)cc(C)c(C)c2s1. The summed E-state index contributed by atoms with van der Waals surface area (Å²) in [5.41, 5.74) is 3.70. The van der Waals surface area contributed by atoms with Crippen molar-refractivity contribution in [2.24, 2.45) is 0 Å². The Morgan fingerprint density at radius 3 is 2.87 bits per heavy atom. The van der Waals surface area contributed by atoms with Gasteiger partial charge in [0.2, 0.25) is 0 Å². The van der Waals surface area contributed by atoms with Gasteiger partial charge < -0.3 is 5.32 Å². The van der Waals surface area contributed by atoms with Crippen molar-refractivity contribution in [2.45, 2.75) is 20.8 Å². The minimum absolute atomic E-state index is 0.912. The third kappa shape index (κ3) is 1.88. The van der Waals surface area contributed by atoms with Gasteiger partial charge in [-0.05, 0) is 53.9 Å². The number of hydrogen-bond acceptors (Lipinski definition) is 3. The molecule has 0 spiro atoms. The second-order valence-corrected chi connectivity index (χ2v) is 5.38. The van der Waals surface area contributed by atoms with Crippen molar-refractivity contribution >= 4 is 42.6 Å². The number of nitrogens with one attached hydrogen (secondary N) is 1. The van der Waals surface area contributed by atoms with E-state index in [0.717, 1.165) is 21.7 Å². The summed E-state index contributed by atoms with van der Waals surface area (Å²) in [4.78, 5) is 4.56. The van der Waals surface area contributed by atoms with Gasteiger partial charge in [0.25, 0.3) is 0 Å². The number of nitrogens with zero attached hydrogens (tertiary/aromatic N) is 1. The van der Waals surface area contributed by atoms with Crippen LogP contribution >= 0.6 is 27.3 Å². The summed E-state index contributed by atoms with van der Waals surface area (Å²) < 4.78 is 2.36. The second kappa shape index (κ2) is 4.10. The Hall–Kier alpha value is -0.610. The Morgan fingerprint density at radius 2 is 2.20 bits per heavy atom. The third-order valence-corrected chi connectivity index (χ3v) is 4.19. The number of aromatic nitrogens is 1. The van der Waals surface area contributed by atoms with E-state index < -0.39 is 0 Å². The molecule has 0 aliphatic heterocycles. The molecule has 0 fully saturated rings. The summed E-state index contributed by atoms with van der Waals surface area (Å²) in [6, 6.07) is 2.13. The van der Waals surface area contributed by atoms with Crippen LogP contribution in [0.25, 0.3) is 10.2 Å². The number of thiazole rings is 1. The van der Waals surface area contributed by atoms with Crippen LogP contribution in [0.1, 0.15) is 18.1 Å². The average Bonchev–Trinajstić information content (AvgIpc) is 2.60. The first kappa shape index (κ1) is 10.9. The zero-order chi connectivity index (χ0) is 11.0. The van der Waals surface area contributed by atoms with Crippen LogP contribution in [0.5, 0.6) is 0 Å². The average molecular weight is 285 g/mol. The van der Waals surface area contributed by atoms with E-state index in [1.807, 2.05) is 0 Å². The van der Waals surface area contributed by atoms with Crippen LogP contribution in [-0.4, -0.2) is 11.5 Å². The van der Waals surface area contributed by atoms with Gasteiger partial charge in [0.15, 0.2) is 5.13 Å². The molecule has 4 heteroatoms. The summed E-state index contributed by atoms with van der Waals surface area (Å²) in [7, 11) is 0. The molecule has 0 amide bonds. The van der Waals surface area contributed by atoms with Crippen molar-refractivity contribution in [3.8, 4) is 0 Å². The Bertz CT molecular complexity index is 505. The number of hydrogen-bond donors (Lipinski definition) is 1. The minimum Gasteiger partial charge on any atom is -0.362 e. The van der Waals surface area contributed by atoms with Gasteiger partial charge in [-0.1, -0.05) is 11.3 Å². The molecule has 0 saturated carbocycles. The normalized spacial score (nSPS) is 10.9. The monoisotopic (exact) mass is 284 g/mol. The summed E-state index contributed by atoms with van der Waals surface area (Å²) in [6.45, 7) is 7.28. The van der Waals surface area contributed by atoms with Crippen LogP contribution in [0.2, 0.25) is 0 Å². The van der Waals surface area contributed by atoms with Gasteiger partial charge in [0.05, 0.1) is 10.2 Å². The van der Waals surface area contributed by atoms with Gasteiger partial charge in [-0.3, -0.25) is 0 Å². The number of rotatable bonds is 2. The van der Waals surface area contributed by atoms with Crippen LogP contribution in [0.4, 0.5) is 5.13 Å². The first-order chi connectivity index (χ1) is 7.13. The molecule has 1 aromatic heterocycles. The number of halogens is 1. The van der Waals surface area contributed by atoms with E-state index in [9.17, 15) is 0 Å². The number of aryl methyl sites for hydroxylation is 2. The van der Waals surface area contributed by atoms with Crippen molar-refractivity contribution < 1.29 is 0 Å². The molecule has 2 nitrogen and oxygen atoms in total. The van der Waals surface area contributed by atoms with Crippen LogP contribution in [0.15, 0.2) is 10.5 Å². The van der Waals surface area contributed by atoms with Crippen molar-refractivity contribution in [3.05, 3.63) is 21.7 Å². The molecule has 2 rings (SSSR count). The van der Waals surface area contributed by atoms with E-state index in [0.29, 0.717) is 0 Å². The predicted octanol–water partition coefficient (Wildman–Crippen LogP) is 4.11. The molecule has 1 N–H and O–H groups in total. The zero-order valence-electron chi connectivity index (χ0n) is 9.02. The highest BCUT2D eigenvalue weighted by molar-refractivity contribution is 9.10. The van der Waals surface area contributed by atoms with E-state index in [-0.39, 0.29) is 0 Å². The molecule has 2 aromatic rings. The molecule has 0 saturated heterocycles. The Balaban J connectivity index is 2.68. The second-order valence-electron chi connectivity index (χ2n) is 3.53. The van der Waals surface area contributed by atoms with Gasteiger partial charge in [0, 0.05) is 11.0 Å². The maximum atomic E-state index is 4.56. The van der Waals surface area contributed by atoms with Crippen LogP contribution in [-0.2, 0) is 0 Å². The lowest BCUT2D eigenvalue weighted by Gasteiger charge is -2.01. The van der Waals surface area contributed by atoms with E-state index in [1.54, 1.807) is 11.3 Å². The lowest BCUT2D eigenvalue weighted by atomic mass is 10.1. The van der Waals surface area contributed by atoms with Gasteiger partial charge in [-0.15, -0.1) is 0 Å². The van der Waals surface area contributed by atoms with E-state index >= 15 is 0 Å². The summed E-state index contributed by atoms with van der Waals surface area (Å²) in [5, 5.41) is 4.26. The fourth-order valence-electron chi connectivity index (χ4n) is 1.51. The molecule has 0 unspecified atom stereocenters. The Labute approximate surface area is 102 Å². The molecule has 0 aliphatic rings. The molecule has 1 aromatic carbocycles. The van der Waals surface area contributed by atoms with Crippen LogP contribution in [0, 0.1) is 13.8 Å². The first-order valence-electron chi connectivity index (χ1n) is 4.93. The molecule has 80 valence electrons. The molecule has 0 radical (unpaired) electrons. The molecule has 0 bridgehead atoms. The van der Waals surface area contributed by atoms with Gasteiger partial charge >= 0.3 is 0 Å². The summed E-state index contributed by atoms with van der Waals surface area (Å²) >= 11 is 5.29. The highest BCUT2D eigenvalue weighted by Gasteiger charge is 2.10. The highest BCUT2D eigenvalue weighted by Crippen LogP contribution is 2.35. The van der Waals surface area contributed by atoms with Crippen molar-refractivity contribution in [1.82, 2.24) is 4.98 Å².